The van der Waals surface area contributed by atoms with Crippen LogP contribution in [0.15, 0.2) is 24.3 Å². The highest BCUT2D eigenvalue weighted by molar-refractivity contribution is 5.85. The molecule has 0 aliphatic carbocycles. The van der Waals surface area contributed by atoms with Crippen LogP contribution < -0.4 is 15.4 Å². The molecule has 0 saturated carbocycles. The van der Waals surface area contributed by atoms with Crippen LogP contribution in [0.1, 0.15) is 18.9 Å². The lowest BCUT2D eigenvalue weighted by Crippen LogP contribution is -2.40. The predicted octanol–water partition coefficient (Wildman–Crippen LogP) is 0.581. The molecule has 1 aromatic carbocycles. The Labute approximate surface area is 160 Å². The van der Waals surface area contributed by atoms with Gasteiger partial charge >= 0.3 is 0 Å². The molecule has 0 bridgehead atoms. The van der Waals surface area contributed by atoms with E-state index < -0.39 is 0 Å². The van der Waals surface area contributed by atoms with E-state index in [-0.39, 0.29) is 23.7 Å². The van der Waals surface area contributed by atoms with Gasteiger partial charge in [0, 0.05) is 38.6 Å². The van der Waals surface area contributed by atoms with E-state index in [1.165, 1.54) is 0 Å². The maximum atomic E-state index is 12.3. The van der Waals surface area contributed by atoms with Crippen molar-refractivity contribution in [1.29, 1.82) is 0 Å². The lowest BCUT2D eigenvalue weighted by Gasteiger charge is -2.26. The van der Waals surface area contributed by atoms with Crippen molar-refractivity contribution in [1.82, 2.24) is 15.5 Å². The number of nitrogens with zero attached hydrogens (tertiary/aromatic N) is 1. The lowest BCUT2D eigenvalue weighted by molar-refractivity contribution is -0.123. The molecule has 2 fully saturated rings. The van der Waals surface area contributed by atoms with Gasteiger partial charge in [0.15, 0.2) is 0 Å². The average molecular weight is 375 g/mol. The first-order chi connectivity index (χ1) is 13.1. The number of Topliss-reactive ketones (excluding diaryl/α,β-unsaturated/α-hetero) is 1. The molecular formula is C20H29N3O4. The van der Waals surface area contributed by atoms with Gasteiger partial charge in [-0.05, 0) is 31.0 Å². The Balaban J connectivity index is 1.40. The second kappa shape index (κ2) is 9.82. The summed E-state index contributed by atoms with van der Waals surface area (Å²) in [4.78, 5) is 26.0. The molecule has 2 aliphatic rings. The number of amides is 1. The minimum atomic E-state index is -0.285. The highest BCUT2D eigenvalue weighted by Gasteiger charge is 2.31. The van der Waals surface area contributed by atoms with Crippen molar-refractivity contribution in [3.05, 3.63) is 29.8 Å². The van der Waals surface area contributed by atoms with Gasteiger partial charge in [0.25, 0.3) is 0 Å². The van der Waals surface area contributed by atoms with Gasteiger partial charge in [-0.25, -0.2) is 0 Å². The van der Waals surface area contributed by atoms with Crippen molar-refractivity contribution in [2.75, 3.05) is 46.0 Å². The minimum Gasteiger partial charge on any atom is -0.492 e. The highest BCUT2D eigenvalue weighted by atomic mass is 16.5. The first-order valence-corrected chi connectivity index (χ1v) is 9.65. The number of hydrogen-bond donors (Lipinski definition) is 2. The molecule has 1 aromatic rings. The summed E-state index contributed by atoms with van der Waals surface area (Å²) in [6, 6.07) is 7.51. The summed E-state index contributed by atoms with van der Waals surface area (Å²) in [7, 11) is 0. The average Bonchev–Trinajstić information content (AvgIpc) is 3.18. The number of ether oxygens (including phenoxy) is 2. The molecule has 2 aliphatic heterocycles. The van der Waals surface area contributed by atoms with Crippen molar-refractivity contribution in [3.8, 4) is 5.75 Å². The lowest BCUT2D eigenvalue weighted by atomic mass is 10.0. The SMILES string of the molecule is CC(=O)C1CNC(C(=O)NCc2cccc(OCCN3CCOCC3)c2)C1. The molecule has 0 spiro atoms. The fourth-order valence-corrected chi connectivity index (χ4v) is 3.42. The van der Waals surface area contributed by atoms with Crippen molar-refractivity contribution < 1.29 is 19.1 Å². The number of rotatable bonds is 8. The Morgan fingerprint density at radius 1 is 1.33 bits per heavy atom. The summed E-state index contributed by atoms with van der Waals surface area (Å²) in [6.07, 6.45) is 0.575. The molecule has 0 radical (unpaired) electrons. The number of carbonyl (C=O) groups excluding carboxylic acids is 2. The Morgan fingerprint density at radius 3 is 2.89 bits per heavy atom. The van der Waals surface area contributed by atoms with E-state index in [0.29, 0.717) is 26.1 Å². The van der Waals surface area contributed by atoms with Crippen LogP contribution in [0.4, 0.5) is 0 Å². The summed E-state index contributed by atoms with van der Waals surface area (Å²) >= 11 is 0. The second-order valence-corrected chi connectivity index (χ2v) is 7.17. The number of benzene rings is 1. The standard InChI is InChI=1S/C20H29N3O4/c1-15(24)17-12-19(21-14-17)20(25)22-13-16-3-2-4-18(11-16)27-10-7-23-5-8-26-9-6-23/h2-4,11,17,19,21H,5-10,12-14H2,1H3,(H,22,25). The summed E-state index contributed by atoms with van der Waals surface area (Å²) in [5.74, 6) is 0.840. The van der Waals surface area contributed by atoms with E-state index in [1.807, 2.05) is 24.3 Å². The van der Waals surface area contributed by atoms with Gasteiger partial charge in [-0.15, -0.1) is 0 Å². The first-order valence-electron chi connectivity index (χ1n) is 9.65. The summed E-state index contributed by atoms with van der Waals surface area (Å²) in [5, 5.41) is 6.07. The van der Waals surface area contributed by atoms with Gasteiger partial charge in [0.05, 0.1) is 19.3 Å². The Hall–Kier alpha value is -1.96. The van der Waals surface area contributed by atoms with Crippen molar-refractivity contribution in [2.24, 2.45) is 5.92 Å². The highest BCUT2D eigenvalue weighted by Crippen LogP contribution is 2.16. The van der Waals surface area contributed by atoms with Crippen molar-refractivity contribution >= 4 is 11.7 Å². The Kier molecular flexibility index (Phi) is 7.20. The molecule has 7 heteroatoms. The number of morpholine rings is 1. The number of ketones is 1. The van der Waals surface area contributed by atoms with Crippen LogP contribution in [0.25, 0.3) is 0 Å². The fraction of sp³-hybridized carbons (Fsp3) is 0.600. The zero-order valence-corrected chi connectivity index (χ0v) is 15.9. The molecule has 2 atom stereocenters. The van der Waals surface area contributed by atoms with E-state index in [1.54, 1.807) is 6.92 Å². The van der Waals surface area contributed by atoms with Crippen molar-refractivity contribution in [3.63, 3.8) is 0 Å². The minimum absolute atomic E-state index is 0.0519. The summed E-state index contributed by atoms with van der Waals surface area (Å²) < 4.78 is 11.2. The quantitative estimate of drug-likeness (QED) is 0.692. The Morgan fingerprint density at radius 2 is 2.15 bits per heavy atom. The van der Waals surface area contributed by atoms with Crippen LogP contribution in [-0.4, -0.2) is 68.6 Å². The maximum absolute atomic E-state index is 12.3. The van der Waals surface area contributed by atoms with E-state index in [9.17, 15) is 9.59 Å². The van der Waals surface area contributed by atoms with E-state index in [2.05, 4.69) is 15.5 Å². The monoisotopic (exact) mass is 375 g/mol. The number of hydrogen-bond acceptors (Lipinski definition) is 6. The summed E-state index contributed by atoms with van der Waals surface area (Å²) in [6.45, 7) is 7.61. The molecule has 2 N–H and O–H groups in total. The molecule has 2 unspecified atom stereocenters. The van der Waals surface area contributed by atoms with Crippen LogP contribution in [0.5, 0.6) is 5.75 Å². The van der Waals surface area contributed by atoms with Crippen LogP contribution >= 0.6 is 0 Å². The van der Waals surface area contributed by atoms with Crippen LogP contribution in [0.2, 0.25) is 0 Å². The van der Waals surface area contributed by atoms with Gasteiger partial charge in [0.1, 0.15) is 18.1 Å². The number of carbonyl (C=O) groups is 2. The second-order valence-electron chi connectivity index (χ2n) is 7.17. The van der Waals surface area contributed by atoms with Crippen LogP contribution in [-0.2, 0) is 20.9 Å². The van der Waals surface area contributed by atoms with Gasteiger partial charge in [-0.3, -0.25) is 14.5 Å². The van der Waals surface area contributed by atoms with Crippen molar-refractivity contribution in [2.45, 2.75) is 25.9 Å². The van der Waals surface area contributed by atoms with Gasteiger partial charge in [-0.2, -0.15) is 0 Å². The molecule has 148 valence electrons. The smallest absolute Gasteiger partial charge is 0.237 e. The van der Waals surface area contributed by atoms with Crippen LogP contribution in [0, 0.1) is 5.92 Å². The molecule has 2 heterocycles. The zero-order valence-electron chi connectivity index (χ0n) is 15.9. The molecule has 3 rings (SSSR count). The van der Waals surface area contributed by atoms with Gasteiger partial charge < -0.3 is 20.1 Å². The third kappa shape index (κ3) is 6.02. The largest absolute Gasteiger partial charge is 0.492 e. The first kappa shape index (κ1) is 19.8. The summed E-state index contributed by atoms with van der Waals surface area (Å²) in [5.41, 5.74) is 0.994. The fourth-order valence-electron chi connectivity index (χ4n) is 3.42. The topological polar surface area (TPSA) is 79.9 Å². The maximum Gasteiger partial charge on any atom is 0.237 e. The van der Waals surface area contributed by atoms with Gasteiger partial charge in [-0.1, -0.05) is 12.1 Å². The van der Waals surface area contributed by atoms with E-state index in [4.69, 9.17) is 9.47 Å². The Bertz CT molecular complexity index is 646. The third-order valence-corrected chi connectivity index (χ3v) is 5.17. The normalized spacial score (nSPS) is 23.1. The molecule has 7 nitrogen and oxygen atoms in total. The van der Waals surface area contributed by atoms with E-state index in [0.717, 1.165) is 44.2 Å². The van der Waals surface area contributed by atoms with E-state index >= 15 is 0 Å². The molecule has 27 heavy (non-hydrogen) atoms. The zero-order chi connectivity index (χ0) is 19.1. The third-order valence-electron chi connectivity index (χ3n) is 5.17. The number of nitrogens with one attached hydrogen (secondary N) is 2. The predicted molar refractivity (Wildman–Crippen MR) is 102 cm³/mol. The molecule has 2 saturated heterocycles. The van der Waals surface area contributed by atoms with Gasteiger partial charge in [0.2, 0.25) is 5.91 Å². The molecular weight excluding hydrogens is 346 g/mol. The molecule has 0 aromatic heterocycles. The van der Waals surface area contributed by atoms with Crippen LogP contribution in [0.3, 0.4) is 0 Å². The molecule has 1 amide bonds.